The molecule has 0 saturated heterocycles. The quantitative estimate of drug-likeness (QED) is 0.672. The summed E-state index contributed by atoms with van der Waals surface area (Å²) < 4.78 is 10.4. The number of nitrogens with one attached hydrogen (secondary N) is 1. The molecule has 0 aliphatic heterocycles. The summed E-state index contributed by atoms with van der Waals surface area (Å²) in [7, 11) is 1.63. The average molecular weight is 267 g/mol. The van der Waals surface area contributed by atoms with Gasteiger partial charge in [-0.2, -0.15) is 0 Å². The Labute approximate surface area is 113 Å². The number of benzene rings is 1. The predicted octanol–water partition coefficient (Wildman–Crippen LogP) is 2.38. The van der Waals surface area contributed by atoms with Crippen LogP contribution < -0.4 is 10.1 Å². The second-order valence-corrected chi connectivity index (χ2v) is 4.34. The number of carboxylic acid groups (broad SMARTS) is 1. The van der Waals surface area contributed by atoms with Crippen LogP contribution in [-0.4, -0.2) is 37.4 Å². The topological polar surface area (TPSA) is 67.8 Å². The maximum atomic E-state index is 10.5. The van der Waals surface area contributed by atoms with Crippen molar-refractivity contribution in [2.75, 3.05) is 25.6 Å². The van der Waals surface area contributed by atoms with E-state index in [-0.39, 0.29) is 12.5 Å². The highest BCUT2D eigenvalue weighted by Gasteiger charge is 2.05. The van der Waals surface area contributed by atoms with Crippen molar-refractivity contribution in [3.05, 3.63) is 24.3 Å². The predicted molar refractivity (Wildman–Crippen MR) is 73.8 cm³/mol. The highest BCUT2D eigenvalue weighted by Crippen LogP contribution is 2.17. The highest BCUT2D eigenvalue weighted by molar-refractivity contribution is 5.66. The summed E-state index contributed by atoms with van der Waals surface area (Å²) in [5.74, 6) is 0.0244. The first-order valence-electron chi connectivity index (χ1n) is 6.32. The molecular weight excluding hydrogens is 246 g/mol. The minimum atomic E-state index is -0.768. The largest absolute Gasteiger partial charge is 0.491 e. The molecule has 5 nitrogen and oxygen atoms in total. The van der Waals surface area contributed by atoms with Crippen LogP contribution in [-0.2, 0) is 9.53 Å². The number of anilines is 1. The van der Waals surface area contributed by atoms with Crippen molar-refractivity contribution in [2.24, 2.45) is 0 Å². The third-order valence-electron chi connectivity index (χ3n) is 2.61. The van der Waals surface area contributed by atoms with Gasteiger partial charge in [-0.25, -0.2) is 0 Å². The van der Waals surface area contributed by atoms with Gasteiger partial charge in [0.1, 0.15) is 12.4 Å². The lowest BCUT2D eigenvalue weighted by molar-refractivity contribution is -0.137. The zero-order chi connectivity index (χ0) is 14.1. The summed E-state index contributed by atoms with van der Waals surface area (Å²) in [6, 6.07) is 7.71. The molecular formula is C14H21NO4. The zero-order valence-corrected chi connectivity index (χ0v) is 11.4. The minimum absolute atomic E-state index is 0.122. The molecule has 0 aliphatic carbocycles. The van der Waals surface area contributed by atoms with Gasteiger partial charge >= 0.3 is 5.97 Å². The lowest BCUT2D eigenvalue weighted by atomic mass is 10.1. The maximum absolute atomic E-state index is 10.5. The lowest BCUT2D eigenvalue weighted by Crippen LogP contribution is -2.16. The Bertz CT molecular complexity index is 378. The Morgan fingerprint density at radius 1 is 1.32 bits per heavy atom. The fourth-order valence-corrected chi connectivity index (χ4v) is 1.59. The van der Waals surface area contributed by atoms with Crippen LogP contribution in [0.2, 0.25) is 0 Å². The normalized spacial score (nSPS) is 11.9. The summed E-state index contributed by atoms with van der Waals surface area (Å²) in [6.07, 6.45) is 0.772. The maximum Gasteiger partial charge on any atom is 0.303 e. The summed E-state index contributed by atoms with van der Waals surface area (Å²) in [5.41, 5.74) is 0.956. The van der Waals surface area contributed by atoms with Gasteiger partial charge in [0, 0.05) is 25.3 Å². The van der Waals surface area contributed by atoms with E-state index in [1.807, 2.05) is 31.2 Å². The first kappa shape index (κ1) is 15.3. The summed E-state index contributed by atoms with van der Waals surface area (Å²) >= 11 is 0. The van der Waals surface area contributed by atoms with Crippen LogP contribution in [0.25, 0.3) is 0 Å². The third-order valence-corrected chi connectivity index (χ3v) is 2.61. The van der Waals surface area contributed by atoms with Gasteiger partial charge in [-0.1, -0.05) is 0 Å². The Morgan fingerprint density at radius 3 is 2.58 bits per heavy atom. The van der Waals surface area contributed by atoms with Crippen LogP contribution >= 0.6 is 0 Å². The van der Waals surface area contributed by atoms with Crippen LogP contribution in [0.5, 0.6) is 5.75 Å². The number of hydrogen-bond donors (Lipinski definition) is 2. The van der Waals surface area contributed by atoms with Crippen LogP contribution in [0.3, 0.4) is 0 Å². The van der Waals surface area contributed by atoms with Gasteiger partial charge in [0.05, 0.1) is 6.61 Å². The molecule has 0 heterocycles. The van der Waals surface area contributed by atoms with E-state index >= 15 is 0 Å². The molecule has 106 valence electrons. The molecule has 0 aliphatic rings. The number of carbonyl (C=O) groups is 1. The van der Waals surface area contributed by atoms with Crippen molar-refractivity contribution in [3.8, 4) is 5.75 Å². The van der Waals surface area contributed by atoms with Crippen molar-refractivity contribution >= 4 is 11.7 Å². The molecule has 1 atom stereocenters. The number of aliphatic carboxylic acids is 1. The SMILES string of the molecule is COCCOc1ccc(NC(C)CCC(=O)O)cc1. The Hall–Kier alpha value is -1.75. The molecule has 0 bridgehead atoms. The monoisotopic (exact) mass is 267 g/mol. The summed E-state index contributed by atoms with van der Waals surface area (Å²) in [6.45, 7) is 3.05. The van der Waals surface area contributed by atoms with Gasteiger partial charge in [0.25, 0.3) is 0 Å². The number of ether oxygens (including phenoxy) is 2. The molecule has 19 heavy (non-hydrogen) atoms. The van der Waals surface area contributed by atoms with Gasteiger partial charge in [0.2, 0.25) is 0 Å². The van der Waals surface area contributed by atoms with Crippen molar-refractivity contribution in [3.63, 3.8) is 0 Å². The Balaban J connectivity index is 2.36. The van der Waals surface area contributed by atoms with E-state index in [2.05, 4.69) is 5.32 Å². The van der Waals surface area contributed by atoms with Crippen molar-refractivity contribution < 1.29 is 19.4 Å². The second kappa shape index (κ2) is 8.37. The molecule has 0 radical (unpaired) electrons. The van der Waals surface area contributed by atoms with Gasteiger partial charge in [-0.15, -0.1) is 0 Å². The first-order chi connectivity index (χ1) is 9.11. The number of hydrogen-bond acceptors (Lipinski definition) is 4. The fourth-order valence-electron chi connectivity index (χ4n) is 1.59. The first-order valence-corrected chi connectivity index (χ1v) is 6.32. The van der Waals surface area contributed by atoms with Gasteiger partial charge in [0.15, 0.2) is 0 Å². The van der Waals surface area contributed by atoms with Crippen molar-refractivity contribution in [1.82, 2.24) is 0 Å². The second-order valence-electron chi connectivity index (χ2n) is 4.34. The minimum Gasteiger partial charge on any atom is -0.491 e. The molecule has 5 heteroatoms. The molecule has 0 spiro atoms. The summed E-state index contributed by atoms with van der Waals surface area (Å²) in [4.78, 5) is 10.5. The molecule has 0 fully saturated rings. The van der Waals surface area contributed by atoms with Crippen LogP contribution in [0.15, 0.2) is 24.3 Å². The molecule has 1 rings (SSSR count). The third kappa shape index (κ3) is 6.67. The average Bonchev–Trinajstić information content (AvgIpc) is 2.39. The van der Waals surface area contributed by atoms with Crippen LogP contribution in [0.1, 0.15) is 19.8 Å². The highest BCUT2D eigenvalue weighted by atomic mass is 16.5. The van der Waals surface area contributed by atoms with Crippen LogP contribution in [0.4, 0.5) is 5.69 Å². The smallest absolute Gasteiger partial charge is 0.303 e. The molecule has 0 saturated carbocycles. The van der Waals surface area contributed by atoms with E-state index in [0.717, 1.165) is 11.4 Å². The van der Waals surface area contributed by atoms with E-state index < -0.39 is 5.97 Å². The summed E-state index contributed by atoms with van der Waals surface area (Å²) in [5, 5.41) is 11.9. The Morgan fingerprint density at radius 2 is 2.00 bits per heavy atom. The number of carboxylic acids is 1. The Kier molecular flexibility index (Phi) is 6.74. The fraction of sp³-hybridized carbons (Fsp3) is 0.500. The molecule has 1 unspecified atom stereocenters. The van der Waals surface area contributed by atoms with Gasteiger partial charge in [-0.05, 0) is 37.6 Å². The zero-order valence-electron chi connectivity index (χ0n) is 11.4. The molecule has 1 aromatic rings. The number of methoxy groups -OCH3 is 1. The van der Waals surface area contributed by atoms with E-state index in [4.69, 9.17) is 14.6 Å². The molecule has 0 aromatic heterocycles. The van der Waals surface area contributed by atoms with Crippen molar-refractivity contribution in [1.29, 1.82) is 0 Å². The van der Waals surface area contributed by atoms with Gasteiger partial charge in [-0.3, -0.25) is 4.79 Å². The van der Waals surface area contributed by atoms with E-state index in [0.29, 0.717) is 19.6 Å². The van der Waals surface area contributed by atoms with E-state index in [9.17, 15) is 4.79 Å². The van der Waals surface area contributed by atoms with E-state index in [1.165, 1.54) is 0 Å². The van der Waals surface area contributed by atoms with Crippen LogP contribution in [0, 0.1) is 0 Å². The molecule has 2 N–H and O–H groups in total. The molecule has 0 amide bonds. The standard InChI is InChI=1S/C14H21NO4/c1-11(3-8-14(16)17)15-12-4-6-13(7-5-12)19-10-9-18-2/h4-7,11,15H,3,8-10H2,1-2H3,(H,16,17). The lowest BCUT2D eigenvalue weighted by Gasteiger charge is -2.14. The molecule has 1 aromatic carbocycles. The van der Waals surface area contributed by atoms with Gasteiger partial charge < -0.3 is 19.9 Å². The van der Waals surface area contributed by atoms with Crippen molar-refractivity contribution in [2.45, 2.75) is 25.8 Å². The number of rotatable bonds is 9. The van der Waals surface area contributed by atoms with E-state index in [1.54, 1.807) is 7.11 Å².